The molecule has 0 rings (SSSR count). The van der Waals surface area contributed by atoms with Gasteiger partial charge in [0.15, 0.2) is 0 Å². The standard InChI is InChI=1S/C8H15O.C2H5NO2.K/c1-2-3-4-5-6-7-8-9;3-1-2(4)5;/h2-7H2,1H3;1,3H2,(H,4,5);. The monoisotopic (exact) mass is 241 g/mol. The van der Waals surface area contributed by atoms with Crippen molar-refractivity contribution in [3.05, 3.63) is 0 Å². The van der Waals surface area contributed by atoms with Crippen LogP contribution in [-0.2, 0) is 9.59 Å². The molecule has 0 aromatic carbocycles. The SMILES string of the molecule is CCCCCCC[C](=O)[K].NCC(=O)O. The van der Waals surface area contributed by atoms with Crippen LogP contribution in [0.2, 0.25) is 0 Å². The zero-order chi connectivity index (χ0) is 12.1. The number of hydrogen-bond acceptors (Lipinski definition) is 3. The minimum absolute atomic E-state index is 0.278. The van der Waals surface area contributed by atoms with Crippen LogP contribution in [-0.4, -0.2) is 66.5 Å². The summed E-state index contributed by atoms with van der Waals surface area (Å²) in [6.07, 6.45) is 7.20. The van der Waals surface area contributed by atoms with Crippen LogP contribution in [0.3, 0.4) is 0 Å². The summed E-state index contributed by atoms with van der Waals surface area (Å²) in [5.74, 6) is -0.968. The first-order valence-corrected chi connectivity index (χ1v) is 7.02. The number of hydrogen-bond donors (Lipinski definition) is 2. The summed E-state index contributed by atoms with van der Waals surface area (Å²) in [7, 11) is 0. The molecular formula is C10H20KNO3. The van der Waals surface area contributed by atoms with Gasteiger partial charge >= 0.3 is 105 Å². The average Bonchev–Trinajstić information content (AvgIpc) is 2.18. The molecule has 0 unspecified atom stereocenters. The third kappa shape index (κ3) is 25.2. The van der Waals surface area contributed by atoms with Gasteiger partial charge in [-0.05, 0) is 0 Å². The summed E-state index contributed by atoms with van der Waals surface area (Å²) in [5.41, 5.74) is 4.57. The molecule has 0 bridgehead atoms. The van der Waals surface area contributed by atoms with Crippen molar-refractivity contribution in [2.45, 2.75) is 45.4 Å². The molecule has 0 aromatic heterocycles. The van der Waals surface area contributed by atoms with Crippen molar-refractivity contribution in [2.75, 3.05) is 6.54 Å². The first kappa shape index (κ1) is 18.1. The van der Waals surface area contributed by atoms with Gasteiger partial charge < -0.3 is 10.8 Å². The van der Waals surface area contributed by atoms with E-state index in [-0.39, 0.29) is 6.54 Å². The Balaban J connectivity index is 0. The van der Waals surface area contributed by atoms with E-state index in [1.165, 1.54) is 25.7 Å². The second-order valence-corrected chi connectivity index (χ2v) is 5.21. The molecule has 0 atom stereocenters. The van der Waals surface area contributed by atoms with Crippen LogP contribution in [0.1, 0.15) is 45.4 Å². The van der Waals surface area contributed by atoms with E-state index in [0.717, 1.165) is 12.8 Å². The third-order valence-corrected chi connectivity index (χ3v) is 2.59. The van der Waals surface area contributed by atoms with E-state index in [9.17, 15) is 9.59 Å². The predicted molar refractivity (Wildman–Crippen MR) is 60.8 cm³/mol. The van der Waals surface area contributed by atoms with Crippen LogP contribution >= 0.6 is 0 Å². The van der Waals surface area contributed by atoms with Crippen molar-refractivity contribution >= 4 is 54.8 Å². The van der Waals surface area contributed by atoms with Crippen molar-refractivity contribution in [3.8, 4) is 0 Å². The Morgan fingerprint density at radius 1 is 1.20 bits per heavy atom. The molecule has 0 spiro atoms. The molecule has 0 aromatic rings. The summed E-state index contributed by atoms with van der Waals surface area (Å²) in [6, 6.07) is 0. The Morgan fingerprint density at radius 2 is 1.67 bits per heavy atom. The first-order valence-electron chi connectivity index (χ1n) is 5.45. The number of carbonyl (C=O) groups is 2. The molecule has 15 heavy (non-hydrogen) atoms. The van der Waals surface area contributed by atoms with E-state index < -0.39 is 5.97 Å². The van der Waals surface area contributed by atoms with E-state index in [1.807, 2.05) is 0 Å². The fourth-order valence-corrected chi connectivity index (χ4v) is 1.53. The van der Waals surface area contributed by atoms with E-state index in [2.05, 4.69) is 12.7 Å². The van der Waals surface area contributed by atoms with Gasteiger partial charge in [0.1, 0.15) is 0 Å². The van der Waals surface area contributed by atoms with Crippen LogP contribution in [0.15, 0.2) is 0 Å². The average molecular weight is 241 g/mol. The number of aliphatic carboxylic acids is 1. The second kappa shape index (κ2) is 14.7. The Morgan fingerprint density at radius 3 is 2.00 bits per heavy atom. The van der Waals surface area contributed by atoms with Crippen LogP contribution in [0.4, 0.5) is 0 Å². The minimum atomic E-state index is -0.968. The van der Waals surface area contributed by atoms with Gasteiger partial charge in [0.25, 0.3) is 0 Å². The number of carbonyl (C=O) groups excluding carboxylic acids is 1. The topological polar surface area (TPSA) is 80.4 Å². The molecule has 0 saturated heterocycles. The van der Waals surface area contributed by atoms with Crippen molar-refractivity contribution in [1.29, 1.82) is 0 Å². The number of unbranched alkanes of at least 4 members (excludes halogenated alkanes) is 4. The molecule has 3 N–H and O–H groups in total. The second-order valence-electron chi connectivity index (χ2n) is 3.46. The molecular weight excluding hydrogens is 221 g/mol. The zero-order valence-electron chi connectivity index (χ0n) is 9.79. The first-order chi connectivity index (χ1) is 7.04. The Kier molecular flexibility index (Phi) is 17.8. The van der Waals surface area contributed by atoms with Crippen molar-refractivity contribution in [1.82, 2.24) is 0 Å². The molecule has 5 heteroatoms. The van der Waals surface area contributed by atoms with E-state index in [0.29, 0.717) is 48.8 Å². The van der Waals surface area contributed by atoms with Gasteiger partial charge in [-0.3, -0.25) is 4.79 Å². The fourth-order valence-electron chi connectivity index (χ4n) is 0.977. The fraction of sp³-hybridized carbons (Fsp3) is 0.800. The number of carboxylic acid groups (broad SMARTS) is 1. The molecule has 84 valence electrons. The molecule has 0 saturated carbocycles. The maximum absolute atomic E-state index is 10.6. The van der Waals surface area contributed by atoms with Gasteiger partial charge in [0, 0.05) is 0 Å². The van der Waals surface area contributed by atoms with Gasteiger partial charge in [0.2, 0.25) is 0 Å². The molecule has 0 fully saturated rings. The quantitative estimate of drug-likeness (QED) is 0.516. The van der Waals surface area contributed by atoms with Crippen LogP contribution in [0, 0.1) is 0 Å². The van der Waals surface area contributed by atoms with Crippen molar-refractivity contribution in [3.63, 3.8) is 0 Å². The molecule has 0 radical (unpaired) electrons. The summed E-state index contributed by atoms with van der Waals surface area (Å²) >= 11 is 0.428. The molecule has 0 aliphatic rings. The number of carboxylic acids is 1. The van der Waals surface area contributed by atoms with E-state index in [1.54, 1.807) is 0 Å². The smallest absolute Gasteiger partial charge is 0.317 e. The Hall–Kier alpha value is 0.736. The summed E-state index contributed by atoms with van der Waals surface area (Å²) in [4.78, 5) is 19.8. The van der Waals surface area contributed by atoms with E-state index in [4.69, 9.17) is 5.11 Å². The molecule has 0 heterocycles. The summed E-state index contributed by atoms with van der Waals surface area (Å²) < 4.78 is 0.518. The van der Waals surface area contributed by atoms with Gasteiger partial charge in [0.05, 0.1) is 6.54 Å². The van der Waals surface area contributed by atoms with Crippen molar-refractivity contribution in [2.24, 2.45) is 5.73 Å². The van der Waals surface area contributed by atoms with Gasteiger partial charge in [-0.15, -0.1) is 0 Å². The Bertz CT molecular complexity index is 174. The summed E-state index contributed by atoms with van der Waals surface area (Å²) in [6.45, 7) is 1.93. The normalized spacial score (nSPS) is 9.07. The van der Waals surface area contributed by atoms with Gasteiger partial charge in [-0.2, -0.15) is 0 Å². The minimum Gasteiger partial charge on any atom is -0.480 e. The maximum Gasteiger partial charge on any atom is 0.317 e. The number of nitrogens with two attached hydrogens (primary N) is 1. The van der Waals surface area contributed by atoms with Gasteiger partial charge in [-0.1, -0.05) is 0 Å². The van der Waals surface area contributed by atoms with Crippen LogP contribution < -0.4 is 5.73 Å². The maximum atomic E-state index is 10.6. The molecule has 0 aliphatic heterocycles. The molecule has 0 amide bonds. The van der Waals surface area contributed by atoms with Crippen LogP contribution in [0.25, 0.3) is 0 Å². The Labute approximate surface area is 126 Å². The predicted octanol–water partition coefficient (Wildman–Crippen LogP) is 1.07. The van der Waals surface area contributed by atoms with E-state index >= 15 is 0 Å². The summed E-state index contributed by atoms with van der Waals surface area (Å²) in [5, 5.41) is 7.60. The molecule has 0 aliphatic carbocycles. The molecule has 4 nitrogen and oxygen atoms in total. The largest absolute Gasteiger partial charge is 0.480 e. The van der Waals surface area contributed by atoms with Gasteiger partial charge in [-0.25, -0.2) is 0 Å². The number of rotatable bonds is 7. The third-order valence-electron chi connectivity index (χ3n) is 1.81. The van der Waals surface area contributed by atoms with Crippen molar-refractivity contribution < 1.29 is 14.7 Å². The van der Waals surface area contributed by atoms with Crippen LogP contribution in [0.5, 0.6) is 0 Å². The zero-order valence-corrected chi connectivity index (χ0v) is 12.9.